The summed E-state index contributed by atoms with van der Waals surface area (Å²) in [6.07, 6.45) is 3.42. The number of rotatable bonds is 4. The molecule has 0 aromatic heterocycles. The van der Waals surface area contributed by atoms with E-state index in [4.69, 9.17) is 0 Å². The Labute approximate surface area is 56.1 Å². The fraction of sp³-hybridized carbons (Fsp3) is 0.375. The number of carbonyl (C=O) groups is 1. The molecular formula is C8H12O. The molecule has 0 aliphatic heterocycles. The van der Waals surface area contributed by atoms with Crippen LogP contribution in [-0.4, -0.2) is 6.29 Å². The zero-order valence-corrected chi connectivity index (χ0v) is 5.76. The van der Waals surface area contributed by atoms with Crippen LogP contribution in [0, 0.1) is 5.92 Å². The Morgan fingerprint density at radius 3 is 2.67 bits per heavy atom. The summed E-state index contributed by atoms with van der Waals surface area (Å²) in [4.78, 5) is 10.1. The first kappa shape index (κ1) is 8.15. The van der Waals surface area contributed by atoms with Crippen molar-refractivity contribution in [1.29, 1.82) is 0 Å². The minimum Gasteiger partial charge on any atom is -0.298 e. The summed E-state index contributed by atoms with van der Waals surface area (Å²) >= 11 is 0. The summed E-state index contributed by atoms with van der Waals surface area (Å²) < 4.78 is 0. The van der Waals surface area contributed by atoms with Crippen molar-refractivity contribution in [1.82, 2.24) is 0 Å². The topological polar surface area (TPSA) is 17.1 Å². The van der Waals surface area contributed by atoms with Gasteiger partial charge in [-0.2, -0.15) is 0 Å². The van der Waals surface area contributed by atoms with Gasteiger partial charge in [0.25, 0.3) is 0 Å². The maximum absolute atomic E-state index is 10.1. The fourth-order valence-electron chi connectivity index (χ4n) is 0.518. The Morgan fingerprint density at radius 2 is 2.33 bits per heavy atom. The quantitative estimate of drug-likeness (QED) is 0.318. The highest BCUT2D eigenvalue weighted by Crippen LogP contribution is 2.09. The van der Waals surface area contributed by atoms with Gasteiger partial charge in [-0.25, -0.2) is 0 Å². The first-order chi connectivity index (χ1) is 4.22. The third-order valence-electron chi connectivity index (χ3n) is 1.30. The summed E-state index contributed by atoms with van der Waals surface area (Å²) in [6, 6.07) is 0. The van der Waals surface area contributed by atoms with Crippen LogP contribution in [0.2, 0.25) is 0 Å². The number of carbonyl (C=O) groups excluding carboxylic acids is 1. The summed E-state index contributed by atoms with van der Waals surface area (Å²) in [7, 11) is 0. The van der Waals surface area contributed by atoms with E-state index in [-0.39, 0.29) is 5.92 Å². The van der Waals surface area contributed by atoms with E-state index in [1.165, 1.54) is 0 Å². The molecule has 1 nitrogen and oxygen atoms in total. The molecule has 1 atom stereocenters. The zero-order valence-electron chi connectivity index (χ0n) is 5.76. The first-order valence-corrected chi connectivity index (χ1v) is 2.97. The van der Waals surface area contributed by atoms with Gasteiger partial charge in [-0.3, -0.25) is 4.79 Å². The Balaban J connectivity index is 3.71. The van der Waals surface area contributed by atoms with Crippen LogP contribution in [0.3, 0.4) is 0 Å². The SMILES string of the molecule is C=CC[C@H](C)C(=C)C=O. The Bertz CT molecular complexity index is 125. The van der Waals surface area contributed by atoms with E-state index in [9.17, 15) is 4.79 Å². The predicted molar refractivity (Wildman–Crippen MR) is 39.2 cm³/mol. The van der Waals surface area contributed by atoms with Gasteiger partial charge >= 0.3 is 0 Å². The largest absolute Gasteiger partial charge is 0.298 e. The normalized spacial score (nSPS) is 12.1. The maximum Gasteiger partial charge on any atom is 0.145 e. The van der Waals surface area contributed by atoms with Crippen molar-refractivity contribution in [3.63, 3.8) is 0 Å². The molecule has 0 spiro atoms. The van der Waals surface area contributed by atoms with Gasteiger partial charge in [0.05, 0.1) is 0 Å². The van der Waals surface area contributed by atoms with Gasteiger partial charge in [0.15, 0.2) is 0 Å². The lowest BCUT2D eigenvalue weighted by molar-refractivity contribution is -0.105. The molecule has 1 heteroatoms. The number of allylic oxidation sites excluding steroid dienone is 2. The number of hydrogen-bond acceptors (Lipinski definition) is 1. The first-order valence-electron chi connectivity index (χ1n) is 2.97. The summed E-state index contributed by atoms with van der Waals surface area (Å²) in [5, 5.41) is 0. The Hall–Kier alpha value is -0.850. The van der Waals surface area contributed by atoms with Crippen LogP contribution < -0.4 is 0 Å². The molecule has 0 N–H and O–H groups in total. The van der Waals surface area contributed by atoms with Crippen molar-refractivity contribution < 1.29 is 4.79 Å². The van der Waals surface area contributed by atoms with Crippen molar-refractivity contribution >= 4 is 6.29 Å². The smallest absolute Gasteiger partial charge is 0.145 e. The molecule has 0 rings (SSSR count). The van der Waals surface area contributed by atoms with Gasteiger partial charge < -0.3 is 0 Å². The Kier molecular flexibility index (Phi) is 3.69. The van der Waals surface area contributed by atoms with Gasteiger partial charge in [-0.05, 0) is 17.9 Å². The van der Waals surface area contributed by atoms with Crippen LogP contribution in [0.1, 0.15) is 13.3 Å². The van der Waals surface area contributed by atoms with E-state index < -0.39 is 0 Å². The molecular weight excluding hydrogens is 112 g/mol. The minimum absolute atomic E-state index is 0.250. The summed E-state index contributed by atoms with van der Waals surface area (Å²) in [5.41, 5.74) is 0.648. The number of aldehydes is 1. The van der Waals surface area contributed by atoms with Gasteiger partial charge in [-0.15, -0.1) is 6.58 Å². The summed E-state index contributed by atoms with van der Waals surface area (Å²) in [6.45, 7) is 9.09. The molecule has 0 heterocycles. The predicted octanol–water partition coefficient (Wildman–Crippen LogP) is 1.95. The van der Waals surface area contributed by atoms with E-state index in [1.807, 2.05) is 6.92 Å². The fourth-order valence-corrected chi connectivity index (χ4v) is 0.518. The van der Waals surface area contributed by atoms with Gasteiger partial charge in [0.2, 0.25) is 0 Å². The molecule has 0 unspecified atom stereocenters. The molecule has 0 saturated heterocycles. The average Bonchev–Trinajstić information content (AvgIpc) is 1.87. The van der Waals surface area contributed by atoms with E-state index in [2.05, 4.69) is 13.2 Å². The van der Waals surface area contributed by atoms with E-state index >= 15 is 0 Å². The molecule has 0 bridgehead atoms. The molecule has 9 heavy (non-hydrogen) atoms. The lowest BCUT2D eigenvalue weighted by atomic mass is 10.0. The van der Waals surface area contributed by atoms with Crippen LogP contribution in [0.25, 0.3) is 0 Å². The monoisotopic (exact) mass is 124 g/mol. The molecule has 0 saturated carbocycles. The van der Waals surface area contributed by atoms with E-state index in [0.29, 0.717) is 5.57 Å². The second-order valence-electron chi connectivity index (χ2n) is 2.12. The molecule has 0 amide bonds. The van der Waals surface area contributed by atoms with E-state index in [1.54, 1.807) is 6.08 Å². The van der Waals surface area contributed by atoms with Crippen LogP contribution in [0.5, 0.6) is 0 Å². The average molecular weight is 124 g/mol. The molecule has 50 valence electrons. The van der Waals surface area contributed by atoms with Crippen LogP contribution in [-0.2, 0) is 4.79 Å². The third-order valence-corrected chi connectivity index (χ3v) is 1.30. The Morgan fingerprint density at radius 1 is 1.78 bits per heavy atom. The maximum atomic E-state index is 10.1. The lowest BCUT2D eigenvalue weighted by Gasteiger charge is -2.03. The standard InChI is InChI=1S/C8H12O/c1-4-5-7(2)8(3)6-9/h4,6-7H,1,3,5H2,2H3/t7-/m0/s1. The van der Waals surface area contributed by atoms with Crippen molar-refractivity contribution in [2.24, 2.45) is 5.92 Å². The van der Waals surface area contributed by atoms with Gasteiger partial charge in [-0.1, -0.05) is 19.6 Å². The molecule has 0 radical (unpaired) electrons. The zero-order chi connectivity index (χ0) is 7.28. The van der Waals surface area contributed by atoms with Gasteiger partial charge in [0.1, 0.15) is 6.29 Å². The van der Waals surface area contributed by atoms with Gasteiger partial charge in [0, 0.05) is 0 Å². The van der Waals surface area contributed by atoms with Crippen LogP contribution in [0.15, 0.2) is 24.8 Å². The van der Waals surface area contributed by atoms with Crippen LogP contribution >= 0.6 is 0 Å². The second kappa shape index (κ2) is 4.07. The van der Waals surface area contributed by atoms with Crippen molar-refractivity contribution in [2.75, 3.05) is 0 Å². The highest BCUT2D eigenvalue weighted by atomic mass is 16.1. The molecule has 0 aliphatic rings. The highest BCUT2D eigenvalue weighted by Gasteiger charge is 2.01. The van der Waals surface area contributed by atoms with Crippen LogP contribution in [0.4, 0.5) is 0 Å². The third kappa shape index (κ3) is 2.85. The highest BCUT2D eigenvalue weighted by molar-refractivity contribution is 5.72. The molecule has 0 aliphatic carbocycles. The molecule has 0 fully saturated rings. The molecule has 0 aromatic rings. The summed E-state index contributed by atoms with van der Waals surface area (Å²) in [5.74, 6) is 0.250. The minimum atomic E-state index is 0.250. The molecule has 0 aromatic carbocycles. The van der Waals surface area contributed by atoms with Crippen molar-refractivity contribution in [2.45, 2.75) is 13.3 Å². The second-order valence-corrected chi connectivity index (χ2v) is 2.12. The van der Waals surface area contributed by atoms with Crippen molar-refractivity contribution in [3.8, 4) is 0 Å². The lowest BCUT2D eigenvalue weighted by Crippen LogP contribution is -1.96. The number of hydrogen-bond donors (Lipinski definition) is 0. The van der Waals surface area contributed by atoms with E-state index in [0.717, 1.165) is 12.7 Å². The van der Waals surface area contributed by atoms with Crippen molar-refractivity contribution in [3.05, 3.63) is 24.8 Å².